The lowest BCUT2D eigenvalue weighted by Crippen LogP contribution is -2.57. The topological polar surface area (TPSA) is 130 Å². The first-order valence-corrected chi connectivity index (χ1v) is 15.1. The van der Waals surface area contributed by atoms with Crippen LogP contribution in [0.5, 0.6) is 5.88 Å². The number of aromatic carboxylic acids is 1. The number of carboxylic acid groups (broad SMARTS) is 1. The van der Waals surface area contributed by atoms with Crippen LogP contribution in [0, 0.1) is 5.92 Å². The lowest BCUT2D eigenvalue weighted by atomic mass is 10.1. The standard InChI is InChI=1S/C31H33Cl2N7O4/c1-17-8-19(16-44-30-23(32)5-6-27(34)36-30)39(12-17)26-10-25-21(9-24(26)33)29(41)22(31(42)43)15-40(25)18-4-7-28(35-11-18)38-13-20(14-38)37(2)3/h4-7,9-11,15,17,19-20H,8,12-14,16H2,1-3H3,(H2,34,36)(H,42,43)/t17-,19-/m1/s1. The molecule has 2 saturated heterocycles. The normalized spacial score (nSPS) is 18.7. The number of nitrogens with zero attached hydrogens (tertiary/aromatic N) is 6. The third-order valence-corrected chi connectivity index (χ3v) is 9.00. The minimum absolute atomic E-state index is 0.0684. The van der Waals surface area contributed by atoms with E-state index >= 15 is 0 Å². The van der Waals surface area contributed by atoms with Crippen molar-refractivity contribution in [3.05, 3.63) is 74.6 Å². The molecule has 3 aromatic heterocycles. The van der Waals surface area contributed by atoms with Crippen LogP contribution in [0.3, 0.4) is 0 Å². The van der Waals surface area contributed by atoms with E-state index in [2.05, 4.69) is 45.7 Å². The molecule has 1 aromatic carbocycles. The van der Waals surface area contributed by atoms with Gasteiger partial charge in [-0.2, -0.15) is 4.98 Å². The molecule has 230 valence electrons. The molecular weight excluding hydrogens is 605 g/mol. The molecule has 13 heteroatoms. The minimum Gasteiger partial charge on any atom is -0.477 e. The van der Waals surface area contributed by atoms with E-state index in [1.807, 2.05) is 18.2 Å². The Morgan fingerprint density at radius 3 is 2.59 bits per heavy atom. The van der Waals surface area contributed by atoms with Crippen molar-refractivity contribution in [2.75, 3.05) is 55.9 Å². The molecule has 2 aliphatic rings. The molecule has 0 amide bonds. The fourth-order valence-electron chi connectivity index (χ4n) is 5.92. The number of aromatic nitrogens is 3. The zero-order valence-electron chi connectivity index (χ0n) is 24.6. The summed E-state index contributed by atoms with van der Waals surface area (Å²) in [6.45, 7) is 4.90. The summed E-state index contributed by atoms with van der Waals surface area (Å²) in [5.74, 6) is 0.425. The SMILES string of the molecule is C[C@@H]1C[C@H](COc2nc(N)ccc2Cl)N(c2cc3c(cc2Cl)c(=O)c(C(=O)O)cn3-c2ccc(N3CC(N(C)C)C3)nc2)C1. The summed E-state index contributed by atoms with van der Waals surface area (Å²) in [6.07, 6.45) is 3.88. The Balaban J connectivity index is 1.37. The first-order chi connectivity index (χ1) is 21.0. The van der Waals surface area contributed by atoms with Gasteiger partial charge < -0.3 is 34.8 Å². The van der Waals surface area contributed by atoms with Crippen LogP contribution in [-0.2, 0) is 0 Å². The summed E-state index contributed by atoms with van der Waals surface area (Å²) in [6, 6.07) is 10.8. The lowest BCUT2D eigenvalue weighted by molar-refractivity contribution is 0.0695. The molecule has 0 aliphatic carbocycles. The maximum absolute atomic E-state index is 13.3. The van der Waals surface area contributed by atoms with Gasteiger partial charge in [-0.1, -0.05) is 30.1 Å². The second kappa shape index (κ2) is 11.8. The molecule has 2 fully saturated rings. The second-order valence-corrected chi connectivity index (χ2v) is 12.6. The Kier molecular flexibility index (Phi) is 8.04. The minimum atomic E-state index is -1.31. The lowest BCUT2D eigenvalue weighted by Gasteiger charge is -2.43. The summed E-state index contributed by atoms with van der Waals surface area (Å²) in [5.41, 5.74) is 6.72. The van der Waals surface area contributed by atoms with Crippen LogP contribution < -0.4 is 25.7 Å². The van der Waals surface area contributed by atoms with Crippen molar-refractivity contribution in [2.45, 2.75) is 25.4 Å². The molecule has 0 unspecified atom stereocenters. The number of hydrogen-bond donors (Lipinski definition) is 2. The molecule has 3 N–H and O–H groups in total. The number of carbonyl (C=O) groups is 1. The van der Waals surface area contributed by atoms with Gasteiger partial charge in [0.05, 0.1) is 34.2 Å². The number of benzene rings is 1. The van der Waals surface area contributed by atoms with Crippen LogP contribution in [0.4, 0.5) is 17.3 Å². The summed E-state index contributed by atoms with van der Waals surface area (Å²) in [5, 5.41) is 10.8. The predicted molar refractivity (Wildman–Crippen MR) is 173 cm³/mol. The molecule has 0 spiro atoms. The molecule has 2 atom stereocenters. The van der Waals surface area contributed by atoms with Gasteiger partial charge in [-0.25, -0.2) is 9.78 Å². The fraction of sp³-hybridized carbons (Fsp3) is 0.355. The van der Waals surface area contributed by atoms with Gasteiger partial charge in [-0.15, -0.1) is 0 Å². The molecule has 0 saturated carbocycles. The van der Waals surface area contributed by atoms with Gasteiger partial charge in [0, 0.05) is 37.3 Å². The number of likely N-dealkylation sites (N-methyl/N-ethyl adjacent to an activating group) is 1. The molecule has 5 heterocycles. The molecule has 6 rings (SSSR count). The van der Waals surface area contributed by atoms with Crippen LogP contribution in [0.25, 0.3) is 16.6 Å². The Labute approximate surface area is 264 Å². The van der Waals surface area contributed by atoms with E-state index in [1.165, 1.54) is 6.20 Å². The number of pyridine rings is 3. The maximum Gasteiger partial charge on any atom is 0.341 e. The Morgan fingerprint density at radius 2 is 1.91 bits per heavy atom. The monoisotopic (exact) mass is 637 g/mol. The quantitative estimate of drug-likeness (QED) is 0.286. The molecule has 44 heavy (non-hydrogen) atoms. The highest BCUT2D eigenvalue weighted by atomic mass is 35.5. The zero-order chi connectivity index (χ0) is 31.3. The van der Waals surface area contributed by atoms with E-state index in [9.17, 15) is 14.7 Å². The van der Waals surface area contributed by atoms with Crippen molar-refractivity contribution in [3.8, 4) is 11.6 Å². The number of fused-ring (bicyclic) bond motifs is 1. The predicted octanol–water partition coefficient (Wildman–Crippen LogP) is 4.41. The van der Waals surface area contributed by atoms with Crippen molar-refractivity contribution in [1.29, 1.82) is 0 Å². The van der Waals surface area contributed by atoms with Crippen LogP contribution >= 0.6 is 23.2 Å². The number of anilines is 3. The summed E-state index contributed by atoms with van der Waals surface area (Å²) in [4.78, 5) is 40.8. The molecule has 4 aromatic rings. The molecule has 2 aliphatic heterocycles. The number of hydrogen-bond acceptors (Lipinski definition) is 9. The smallest absolute Gasteiger partial charge is 0.341 e. The number of rotatable bonds is 8. The Morgan fingerprint density at radius 1 is 1.14 bits per heavy atom. The number of nitrogen functional groups attached to an aromatic ring is 1. The van der Waals surface area contributed by atoms with E-state index in [0.717, 1.165) is 25.3 Å². The van der Waals surface area contributed by atoms with Crippen molar-refractivity contribution < 1.29 is 14.6 Å². The highest BCUT2D eigenvalue weighted by Gasteiger charge is 2.33. The summed E-state index contributed by atoms with van der Waals surface area (Å²) >= 11 is 13.1. The van der Waals surface area contributed by atoms with E-state index in [1.54, 1.807) is 29.0 Å². The highest BCUT2D eigenvalue weighted by Crippen LogP contribution is 2.37. The van der Waals surface area contributed by atoms with Gasteiger partial charge in [0.15, 0.2) is 0 Å². The van der Waals surface area contributed by atoms with Crippen molar-refractivity contribution in [1.82, 2.24) is 19.4 Å². The average Bonchev–Trinajstić information content (AvgIpc) is 3.33. The second-order valence-electron chi connectivity index (χ2n) is 11.7. The van der Waals surface area contributed by atoms with Crippen molar-refractivity contribution in [2.24, 2.45) is 5.92 Å². The van der Waals surface area contributed by atoms with Gasteiger partial charge >= 0.3 is 5.97 Å². The summed E-state index contributed by atoms with van der Waals surface area (Å²) < 4.78 is 7.70. The number of nitrogens with two attached hydrogens (primary N) is 1. The molecular formula is C31H33Cl2N7O4. The largest absolute Gasteiger partial charge is 0.477 e. The van der Waals surface area contributed by atoms with E-state index in [-0.39, 0.29) is 29.5 Å². The fourth-order valence-corrected chi connectivity index (χ4v) is 6.35. The van der Waals surface area contributed by atoms with E-state index in [4.69, 9.17) is 33.7 Å². The van der Waals surface area contributed by atoms with Crippen LogP contribution in [-0.4, -0.2) is 82.9 Å². The Hall–Kier alpha value is -4.06. The molecule has 11 nitrogen and oxygen atoms in total. The van der Waals surface area contributed by atoms with E-state index < -0.39 is 11.4 Å². The third-order valence-electron chi connectivity index (χ3n) is 8.41. The number of ether oxygens (including phenoxy) is 1. The highest BCUT2D eigenvalue weighted by molar-refractivity contribution is 6.34. The zero-order valence-corrected chi connectivity index (χ0v) is 26.1. The van der Waals surface area contributed by atoms with Crippen LogP contribution in [0.1, 0.15) is 23.7 Å². The summed E-state index contributed by atoms with van der Waals surface area (Å²) in [7, 11) is 4.12. The maximum atomic E-state index is 13.3. The van der Waals surface area contributed by atoms with E-state index in [0.29, 0.717) is 51.3 Å². The first-order valence-electron chi connectivity index (χ1n) is 14.3. The van der Waals surface area contributed by atoms with Crippen LogP contribution in [0.2, 0.25) is 10.0 Å². The Bertz CT molecular complexity index is 1790. The number of carboxylic acids is 1. The van der Waals surface area contributed by atoms with Crippen molar-refractivity contribution in [3.63, 3.8) is 0 Å². The molecule has 0 radical (unpaired) electrons. The van der Waals surface area contributed by atoms with Crippen LogP contribution in [0.15, 0.2) is 53.6 Å². The third kappa shape index (κ3) is 5.62. The van der Waals surface area contributed by atoms with Crippen molar-refractivity contribution >= 4 is 57.4 Å². The van der Waals surface area contributed by atoms with Gasteiger partial charge in [0.1, 0.15) is 28.8 Å². The first kappa shape index (κ1) is 30.0. The molecule has 0 bridgehead atoms. The van der Waals surface area contributed by atoms with Gasteiger partial charge in [-0.05, 0) is 62.8 Å². The van der Waals surface area contributed by atoms with Gasteiger partial charge in [0.2, 0.25) is 11.3 Å². The van der Waals surface area contributed by atoms with Gasteiger partial charge in [0.25, 0.3) is 0 Å². The number of halogens is 2. The van der Waals surface area contributed by atoms with Gasteiger partial charge in [-0.3, -0.25) is 4.79 Å². The average molecular weight is 639 g/mol.